The highest BCUT2D eigenvalue weighted by Crippen LogP contribution is 2.43. The predicted octanol–water partition coefficient (Wildman–Crippen LogP) is 7.24. The summed E-state index contributed by atoms with van der Waals surface area (Å²) in [7, 11) is 0. The standard InChI is InChI=1S/C31H30F3N7S2/c1-18-4-13-26-19(2)15-25-16-43-30(41(25)27(26)14-18)36-29(42)38-37-20(3)21-5-7-22(8-6-21)28-35-17-40(39-28)24-11-9-23(10-12-24)31(32,33)34/h4-15,17,19-20,29,37-38,42H,16H2,1-3H3/b36-30-. The van der Waals surface area contributed by atoms with Crippen molar-refractivity contribution in [3.8, 4) is 17.1 Å². The van der Waals surface area contributed by atoms with Gasteiger partial charge in [-0.1, -0.05) is 61.2 Å². The molecule has 3 aromatic carbocycles. The van der Waals surface area contributed by atoms with Gasteiger partial charge in [0.2, 0.25) is 0 Å². The molecule has 4 aromatic rings. The number of hydrazine groups is 1. The maximum atomic E-state index is 12.9. The zero-order valence-corrected chi connectivity index (χ0v) is 25.4. The Labute approximate surface area is 257 Å². The van der Waals surface area contributed by atoms with E-state index in [4.69, 9.17) is 4.99 Å². The number of aryl methyl sites for hydroxylation is 1. The van der Waals surface area contributed by atoms with E-state index >= 15 is 0 Å². The summed E-state index contributed by atoms with van der Waals surface area (Å²) in [6.07, 6.45) is -0.585. The number of nitrogens with zero attached hydrogens (tertiary/aromatic N) is 5. The van der Waals surface area contributed by atoms with Crippen LogP contribution >= 0.6 is 24.4 Å². The fraction of sp³-hybridized carbons (Fsp3) is 0.258. The van der Waals surface area contributed by atoms with E-state index in [0.717, 1.165) is 34.2 Å². The number of hydrogen-bond acceptors (Lipinski definition) is 7. The number of nitrogens with one attached hydrogen (secondary N) is 2. The quantitative estimate of drug-likeness (QED) is 0.115. The van der Waals surface area contributed by atoms with Crippen LogP contribution in [-0.4, -0.2) is 31.2 Å². The zero-order chi connectivity index (χ0) is 30.3. The molecular formula is C31H30F3N7S2. The molecular weight excluding hydrogens is 592 g/mol. The van der Waals surface area contributed by atoms with Crippen molar-refractivity contribution in [1.29, 1.82) is 0 Å². The molecule has 2 N–H and O–H groups in total. The summed E-state index contributed by atoms with van der Waals surface area (Å²) in [5.74, 6) is 1.72. The number of aromatic nitrogens is 3. The summed E-state index contributed by atoms with van der Waals surface area (Å²) in [5, 5.41) is 5.36. The van der Waals surface area contributed by atoms with Crippen LogP contribution in [0.4, 0.5) is 18.9 Å². The molecule has 0 amide bonds. The van der Waals surface area contributed by atoms with Gasteiger partial charge in [-0.25, -0.2) is 25.5 Å². The normalized spacial score (nSPS) is 18.8. The number of allylic oxidation sites excluding steroid dienone is 1. The Bertz CT molecular complexity index is 1680. The lowest BCUT2D eigenvalue weighted by molar-refractivity contribution is -0.137. The molecule has 222 valence electrons. The minimum atomic E-state index is -4.38. The van der Waals surface area contributed by atoms with Gasteiger partial charge >= 0.3 is 6.18 Å². The number of rotatable bonds is 7. The monoisotopic (exact) mass is 621 g/mol. The molecule has 0 bridgehead atoms. The summed E-state index contributed by atoms with van der Waals surface area (Å²) in [6, 6.07) is 19.1. The second kappa shape index (κ2) is 11.8. The SMILES string of the molecule is Cc1ccc2c(c1)N1C(=CC2C)CS/C1=N\C(S)NNC(C)c1ccc(-c2ncn(-c3ccc(C(F)(F)F)cc3)n2)cc1. The van der Waals surface area contributed by atoms with Gasteiger partial charge in [0.05, 0.1) is 16.9 Å². The van der Waals surface area contributed by atoms with E-state index in [1.54, 1.807) is 11.8 Å². The molecule has 1 fully saturated rings. The number of alkyl halides is 3. The van der Waals surface area contributed by atoms with E-state index in [-0.39, 0.29) is 6.04 Å². The number of aliphatic imine (C=N–C) groups is 1. The topological polar surface area (TPSA) is 70.4 Å². The lowest BCUT2D eigenvalue weighted by atomic mass is 9.93. The average Bonchev–Trinajstić information content (AvgIpc) is 3.63. The number of amidine groups is 1. The molecule has 0 saturated carbocycles. The van der Waals surface area contributed by atoms with E-state index in [1.165, 1.54) is 45.7 Å². The summed E-state index contributed by atoms with van der Waals surface area (Å²) < 4.78 is 40.1. The van der Waals surface area contributed by atoms with Crippen LogP contribution in [0.2, 0.25) is 0 Å². The Kier molecular flexibility index (Phi) is 8.12. The lowest BCUT2D eigenvalue weighted by Gasteiger charge is -2.30. The van der Waals surface area contributed by atoms with Crippen LogP contribution in [0.1, 0.15) is 48.1 Å². The van der Waals surface area contributed by atoms with Crippen LogP contribution in [0.5, 0.6) is 0 Å². The van der Waals surface area contributed by atoms with Crippen molar-refractivity contribution in [1.82, 2.24) is 25.6 Å². The second-order valence-electron chi connectivity index (χ2n) is 10.6. The lowest BCUT2D eigenvalue weighted by Crippen LogP contribution is -2.39. The molecule has 3 unspecified atom stereocenters. The van der Waals surface area contributed by atoms with Crippen LogP contribution in [-0.2, 0) is 6.18 Å². The van der Waals surface area contributed by atoms with Gasteiger partial charge in [0, 0.05) is 29.0 Å². The van der Waals surface area contributed by atoms with Crippen molar-refractivity contribution in [3.05, 3.63) is 107 Å². The van der Waals surface area contributed by atoms with E-state index in [0.29, 0.717) is 17.4 Å². The molecule has 6 rings (SSSR count). The first-order valence-corrected chi connectivity index (χ1v) is 15.3. The number of hydrogen-bond donors (Lipinski definition) is 3. The van der Waals surface area contributed by atoms with Crippen LogP contribution in [0.15, 0.2) is 89.8 Å². The number of benzene rings is 3. The largest absolute Gasteiger partial charge is 0.416 e. The number of halogens is 3. The van der Waals surface area contributed by atoms with Crippen LogP contribution < -0.4 is 15.8 Å². The Hall–Kier alpha value is -3.58. The van der Waals surface area contributed by atoms with Gasteiger partial charge in [0.25, 0.3) is 0 Å². The van der Waals surface area contributed by atoms with E-state index in [1.807, 2.05) is 31.2 Å². The number of anilines is 1. The molecule has 1 saturated heterocycles. The molecule has 2 aliphatic rings. The zero-order valence-electron chi connectivity index (χ0n) is 23.7. The van der Waals surface area contributed by atoms with Crippen molar-refractivity contribution in [2.24, 2.45) is 4.99 Å². The van der Waals surface area contributed by atoms with Gasteiger partial charge in [0.15, 0.2) is 16.5 Å². The van der Waals surface area contributed by atoms with Gasteiger partial charge in [-0.15, -0.1) is 17.7 Å². The second-order valence-corrected chi connectivity index (χ2v) is 12.0. The van der Waals surface area contributed by atoms with Crippen molar-refractivity contribution >= 4 is 35.2 Å². The van der Waals surface area contributed by atoms with E-state index in [2.05, 4.69) is 76.6 Å². The Balaban J connectivity index is 1.08. The summed E-state index contributed by atoms with van der Waals surface area (Å²) >= 11 is 6.39. The van der Waals surface area contributed by atoms with Gasteiger partial charge in [0.1, 0.15) is 6.33 Å². The first kappa shape index (κ1) is 29.5. The molecule has 0 radical (unpaired) electrons. The van der Waals surface area contributed by atoms with Crippen LogP contribution in [0.25, 0.3) is 17.1 Å². The molecule has 3 heterocycles. The van der Waals surface area contributed by atoms with Crippen LogP contribution in [0, 0.1) is 6.92 Å². The number of fused-ring (bicyclic) bond motifs is 3. The molecule has 2 aliphatic heterocycles. The average molecular weight is 622 g/mol. The predicted molar refractivity (Wildman–Crippen MR) is 169 cm³/mol. The molecule has 0 aliphatic carbocycles. The van der Waals surface area contributed by atoms with Gasteiger partial charge < -0.3 is 0 Å². The Morgan fingerprint density at radius 2 is 1.79 bits per heavy atom. The highest BCUT2D eigenvalue weighted by Gasteiger charge is 2.33. The first-order valence-electron chi connectivity index (χ1n) is 13.8. The number of thioether (sulfide) groups is 1. The third-order valence-electron chi connectivity index (χ3n) is 7.47. The molecule has 12 heteroatoms. The molecule has 1 aromatic heterocycles. The minimum absolute atomic E-state index is 0.0486. The smallest absolute Gasteiger partial charge is 0.293 e. The Morgan fingerprint density at radius 1 is 1.05 bits per heavy atom. The maximum absolute atomic E-state index is 12.9. The van der Waals surface area contributed by atoms with Crippen LogP contribution in [0.3, 0.4) is 0 Å². The first-order chi connectivity index (χ1) is 20.6. The molecule has 3 atom stereocenters. The molecule has 7 nitrogen and oxygen atoms in total. The molecule has 0 spiro atoms. The minimum Gasteiger partial charge on any atom is -0.293 e. The van der Waals surface area contributed by atoms with Gasteiger partial charge in [-0.2, -0.15) is 13.2 Å². The van der Waals surface area contributed by atoms with Crippen molar-refractivity contribution in [2.45, 2.75) is 44.4 Å². The van der Waals surface area contributed by atoms with Gasteiger partial charge in [-0.05, 0) is 60.9 Å². The fourth-order valence-corrected chi connectivity index (χ4v) is 6.43. The third kappa shape index (κ3) is 6.23. The molecule has 43 heavy (non-hydrogen) atoms. The number of thiol groups is 1. The maximum Gasteiger partial charge on any atom is 0.416 e. The van der Waals surface area contributed by atoms with E-state index in [9.17, 15) is 13.2 Å². The van der Waals surface area contributed by atoms with E-state index < -0.39 is 17.2 Å². The summed E-state index contributed by atoms with van der Waals surface area (Å²) in [5.41, 5.74) is 12.6. The fourth-order valence-electron chi connectivity index (χ4n) is 5.14. The van der Waals surface area contributed by atoms with Crippen molar-refractivity contribution in [2.75, 3.05) is 10.7 Å². The highest BCUT2D eigenvalue weighted by atomic mass is 32.2. The van der Waals surface area contributed by atoms with Crippen molar-refractivity contribution < 1.29 is 13.2 Å². The third-order valence-corrected chi connectivity index (χ3v) is 8.70. The highest BCUT2D eigenvalue weighted by molar-refractivity contribution is 8.14. The van der Waals surface area contributed by atoms with Crippen molar-refractivity contribution in [3.63, 3.8) is 0 Å². The summed E-state index contributed by atoms with van der Waals surface area (Å²) in [4.78, 5) is 11.4. The summed E-state index contributed by atoms with van der Waals surface area (Å²) in [6.45, 7) is 6.37. The Morgan fingerprint density at radius 3 is 2.51 bits per heavy atom. The van der Waals surface area contributed by atoms with Gasteiger partial charge in [-0.3, -0.25) is 4.90 Å².